The van der Waals surface area contributed by atoms with Gasteiger partial charge in [-0.25, -0.2) is 9.97 Å². The van der Waals surface area contributed by atoms with Gasteiger partial charge in [-0.05, 0) is 43.2 Å². The number of nitrogens with zero attached hydrogens (tertiary/aromatic N) is 3. The van der Waals surface area contributed by atoms with Crippen molar-refractivity contribution >= 4 is 27.4 Å². The Balaban J connectivity index is 1.27. The number of halogens is 3. The predicted molar refractivity (Wildman–Crippen MR) is 110 cm³/mol. The van der Waals surface area contributed by atoms with Crippen LogP contribution >= 0.6 is 11.3 Å². The maximum Gasteiger partial charge on any atom is 0.393 e. The Kier molecular flexibility index (Phi) is 4.61. The fourth-order valence-corrected chi connectivity index (χ4v) is 6.06. The summed E-state index contributed by atoms with van der Waals surface area (Å²) < 4.78 is 38.3. The zero-order valence-corrected chi connectivity index (χ0v) is 17.0. The second kappa shape index (κ2) is 7.08. The van der Waals surface area contributed by atoms with E-state index in [-0.39, 0.29) is 15.9 Å². The summed E-state index contributed by atoms with van der Waals surface area (Å²) in [5.41, 5.74) is 1.33. The Morgan fingerprint density at radius 1 is 1.27 bits per heavy atom. The Morgan fingerprint density at radius 2 is 2.10 bits per heavy atom. The third-order valence-corrected chi connectivity index (χ3v) is 7.31. The number of aromatic nitrogens is 3. The first-order valence-electron chi connectivity index (χ1n) is 10.0. The minimum Gasteiger partial charge on any atom is -0.355 e. The van der Waals surface area contributed by atoms with Gasteiger partial charge in [0.1, 0.15) is 17.0 Å². The number of aromatic amines is 1. The highest BCUT2D eigenvalue weighted by molar-refractivity contribution is 7.18. The maximum absolute atomic E-state index is 12.8. The van der Waals surface area contributed by atoms with E-state index >= 15 is 0 Å². The van der Waals surface area contributed by atoms with Crippen LogP contribution in [0.3, 0.4) is 0 Å². The van der Waals surface area contributed by atoms with Gasteiger partial charge in [0.2, 0.25) is 5.56 Å². The SMILES string of the molecule is O=c1ccc(CC2CCC3(C2)CN(c2ncnc4sc(CC(F)(F)F)cc24)C3)c[nH]1. The Bertz CT molecular complexity index is 1110. The molecule has 1 unspecified atom stereocenters. The van der Waals surface area contributed by atoms with Crippen LogP contribution in [0, 0.1) is 11.3 Å². The van der Waals surface area contributed by atoms with Crippen LogP contribution in [0.25, 0.3) is 10.2 Å². The van der Waals surface area contributed by atoms with Crippen LogP contribution in [-0.2, 0) is 12.8 Å². The largest absolute Gasteiger partial charge is 0.393 e. The van der Waals surface area contributed by atoms with Crippen molar-refractivity contribution in [1.82, 2.24) is 15.0 Å². The van der Waals surface area contributed by atoms with E-state index in [1.807, 2.05) is 6.07 Å². The van der Waals surface area contributed by atoms with Crippen LogP contribution in [0.15, 0.2) is 35.5 Å². The summed E-state index contributed by atoms with van der Waals surface area (Å²) in [4.78, 5) is 25.6. The molecular weight excluding hydrogens is 413 g/mol. The van der Waals surface area contributed by atoms with E-state index in [9.17, 15) is 18.0 Å². The number of anilines is 1. The van der Waals surface area contributed by atoms with E-state index in [0.29, 0.717) is 10.7 Å². The average Bonchev–Trinajstić information content (AvgIpc) is 3.24. The van der Waals surface area contributed by atoms with Gasteiger partial charge in [0.15, 0.2) is 0 Å². The highest BCUT2D eigenvalue weighted by Crippen LogP contribution is 2.50. The van der Waals surface area contributed by atoms with Crippen molar-refractivity contribution in [2.24, 2.45) is 11.3 Å². The molecule has 158 valence electrons. The second-order valence-electron chi connectivity index (χ2n) is 8.65. The quantitative estimate of drug-likeness (QED) is 0.664. The number of thiophene rings is 1. The van der Waals surface area contributed by atoms with E-state index in [0.717, 1.165) is 66.9 Å². The third kappa shape index (κ3) is 3.82. The van der Waals surface area contributed by atoms with Crippen molar-refractivity contribution < 1.29 is 13.2 Å². The molecule has 1 saturated carbocycles. The monoisotopic (exact) mass is 434 g/mol. The fraction of sp³-hybridized carbons (Fsp3) is 0.476. The number of nitrogens with one attached hydrogen (secondary N) is 1. The lowest BCUT2D eigenvalue weighted by Gasteiger charge is -2.49. The van der Waals surface area contributed by atoms with Crippen LogP contribution in [-0.4, -0.2) is 34.2 Å². The molecule has 9 heteroatoms. The number of rotatable bonds is 4. The van der Waals surface area contributed by atoms with Crippen molar-refractivity contribution in [3.8, 4) is 0 Å². The van der Waals surface area contributed by atoms with Gasteiger partial charge < -0.3 is 9.88 Å². The van der Waals surface area contributed by atoms with Crippen LogP contribution < -0.4 is 10.5 Å². The Morgan fingerprint density at radius 3 is 2.83 bits per heavy atom. The Hall–Kier alpha value is -2.42. The van der Waals surface area contributed by atoms with E-state index in [1.165, 1.54) is 6.33 Å². The molecule has 0 amide bonds. The first kappa shape index (κ1) is 19.5. The summed E-state index contributed by atoms with van der Waals surface area (Å²) in [5.74, 6) is 1.34. The molecule has 5 nitrogen and oxygen atoms in total. The molecule has 1 N–H and O–H groups in total. The third-order valence-electron chi connectivity index (χ3n) is 6.26. The molecule has 1 atom stereocenters. The molecule has 2 fully saturated rings. The van der Waals surface area contributed by atoms with Crippen molar-refractivity contribution in [3.63, 3.8) is 0 Å². The van der Waals surface area contributed by atoms with Crippen LogP contribution in [0.5, 0.6) is 0 Å². The number of pyridine rings is 1. The summed E-state index contributed by atoms with van der Waals surface area (Å²) >= 11 is 1.09. The summed E-state index contributed by atoms with van der Waals surface area (Å²) in [6.07, 6.45) is 2.48. The van der Waals surface area contributed by atoms with Crippen molar-refractivity contribution in [3.05, 3.63) is 51.5 Å². The minimum absolute atomic E-state index is 0.0840. The first-order valence-corrected chi connectivity index (χ1v) is 10.8. The van der Waals surface area contributed by atoms with Gasteiger partial charge in [-0.3, -0.25) is 4.79 Å². The number of fused-ring (bicyclic) bond motifs is 1. The Labute approximate surface area is 175 Å². The zero-order chi connectivity index (χ0) is 20.9. The van der Waals surface area contributed by atoms with Crippen molar-refractivity contribution in [1.29, 1.82) is 0 Å². The zero-order valence-electron chi connectivity index (χ0n) is 16.2. The molecule has 0 bridgehead atoms. The molecule has 4 heterocycles. The van der Waals surface area contributed by atoms with Crippen LogP contribution in [0.1, 0.15) is 29.7 Å². The number of hydrogen-bond donors (Lipinski definition) is 1. The molecular formula is C21H21F3N4OS. The standard InChI is InChI=1S/C21H21F3N4OS/c22-21(23,24)8-15-6-16-18(26-12-27-19(16)30-15)28-10-20(11-28)4-3-13(7-20)5-14-1-2-17(29)25-9-14/h1-2,6,9,12-13H,3-5,7-8,10-11H2,(H,25,29). The van der Waals surface area contributed by atoms with Crippen LogP contribution in [0.2, 0.25) is 0 Å². The van der Waals surface area contributed by atoms with E-state index < -0.39 is 12.6 Å². The molecule has 0 radical (unpaired) electrons. The van der Waals surface area contributed by atoms with Gasteiger partial charge in [-0.1, -0.05) is 6.07 Å². The van der Waals surface area contributed by atoms with Gasteiger partial charge in [0, 0.05) is 35.6 Å². The van der Waals surface area contributed by atoms with Crippen molar-refractivity contribution in [2.45, 2.75) is 38.3 Å². The van der Waals surface area contributed by atoms with Gasteiger partial charge >= 0.3 is 6.18 Å². The number of hydrogen-bond acceptors (Lipinski definition) is 5. The molecule has 0 aromatic carbocycles. The predicted octanol–water partition coefficient (Wildman–Crippen LogP) is 4.33. The molecule has 1 spiro atoms. The summed E-state index contributed by atoms with van der Waals surface area (Å²) in [7, 11) is 0. The lowest BCUT2D eigenvalue weighted by atomic mass is 9.77. The minimum atomic E-state index is -4.22. The lowest BCUT2D eigenvalue weighted by Crippen LogP contribution is -2.55. The second-order valence-corrected chi connectivity index (χ2v) is 9.77. The molecule has 30 heavy (non-hydrogen) atoms. The maximum atomic E-state index is 12.8. The fourth-order valence-electron chi connectivity index (χ4n) is 5.03. The molecule has 3 aromatic heterocycles. The van der Waals surface area contributed by atoms with Crippen LogP contribution in [0.4, 0.5) is 19.0 Å². The molecule has 5 rings (SSSR count). The van der Waals surface area contributed by atoms with Gasteiger partial charge in [0.25, 0.3) is 0 Å². The van der Waals surface area contributed by atoms with E-state index in [2.05, 4.69) is 19.9 Å². The normalized spacial score (nSPS) is 20.8. The van der Waals surface area contributed by atoms with E-state index in [1.54, 1.807) is 18.3 Å². The topological polar surface area (TPSA) is 61.9 Å². The number of alkyl halides is 3. The highest BCUT2D eigenvalue weighted by Gasteiger charge is 2.48. The summed E-state index contributed by atoms with van der Waals surface area (Å²) in [6.45, 7) is 1.76. The van der Waals surface area contributed by atoms with Gasteiger partial charge in [0.05, 0.1) is 11.8 Å². The first-order chi connectivity index (χ1) is 14.3. The summed E-state index contributed by atoms with van der Waals surface area (Å²) in [6, 6.07) is 5.06. The molecule has 1 aliphatic heterocycles. The lowest BCUT2D eigenvalue weighted by molar-refractivity contribution is -0.126. The average molecular weight is 434 g/mol. The molecule has 1 aliphatic carbocycles. The molecule has 2 aliphatic rings. The summed E-state index contributed by atoms with van der Waals surface area (Å²) in [5, 5.41) is 0.722. The smallest absolute Gasteiger partial charge is 0.355 e. The molecule has 1 saturated heterocycles. The van der Waals surface area contributed by atoms with E-state index in [4.69, 9.17) is 0 Å². The molecule has 3 aromatic rings. The highest BCUT2D eigenvalue weighted by atomic mass is 32.1. The van der Waals surface area contributed by atoms with Gasteiger partial charge in [-0.15, -0.1) is 11.3 Å². The van der Waals surface area contributed by atoms with Crippen molar-refractivity contribution in [2.75, 3.05) is 18.0 Å². The number of H-pyrrole nitrogens is 1. The van der Waals surface area contributed by atoms with Gasteiger partial charge in [-0.2, -0.15) is 13.2 Å².